The first-order chi connectivity index (χ1) is 8.91. The van der Waals surface area contributed by atoms with Crippen LogP contribution in [-0.4, -0.2) is 16.1 Å². The minimum Gasteiger partial charge on any atom is -0.330 e. The normalized spacial score (nSPS) is 11.8. The van der Waals surface area contributed by atoms with E-state index in [4.69, 9.17) is 17.3 Å². The van der Waals surface area contributed by atoms with Crippen LogP contribution in [0.2, 0.25) is 5.02 Å². The maximum atomic E-state index is 12.7. The Bertz CT molecular complexity index is 578. The van der Waals surface area contributed by atoms with Gasteiger partial charge in [0, 0.05) is 29.0 Å². The van der Waals surface area contributed by atoms with Crippen LogP contribution in [0.4, 0.5) is 13.2 Å². The Balaban J connectivity index is 2.50. The fourth-order valence-corrected chi connectivity index (χ4v) is 1.99. The Hall–Kier alpha value is -1.53. The highest BCUT2D eigenvalue weighted by Crippen LogP contribution is 2.33. The number of imidazole rings is 1. The van der Waals surface area contributed by atoms with Crippen LogP contribution in [0.3, 0.4) is 0 Å². The molecule has 0 aliphatic carbocycles. The van der Waals surface area contributed by atoms with Crippen LogP contribution >= 0.6 is 11.6 Å². The molecular weight excluding hydrogens is 279 g/mol. The Morgan fingerprint density at radius 3 is 2.63 bits per heavy atom. The largest absolute Gasteiger partial charge is 0.416 e. The fourth-order valence-electron chi connectivity index (χ4n) is 1.76. The molecule has 0 radical (unpaired) electrons. The van der Waals surface area contributed by atoms with Crippen molar-refractivity contribution < 1.29 is 13.2 Å². The molecule has 0 aliphatic rings. The van der Waals surface area contributed by atoms with Crippen molar-refractivity contribution >= 4 is 11.6 Å². The molecule has 102 valence electrons. The molecule has 2 aromatic rings. The summed E-state index contributed by atoms with van der Waals surface area (Å²) in [6.07, 6.45) is -0.903. The topological polar surface area (TPSA) is 43.8 Å². The van der Waals surface area contributed by atoms with E-state index >= 15 is 0 Å². The van der Waals surface area contributed by atoms with Gasteiger partial charge in [-0.05, 0) is 24.7 Å². The average molecular weight is 290 g/mol. The van der Waals surface area contributed by atoms with E-state index in [0.29, 0.717) is 18.7 Å². The van der Waals surface area contributed by atoms with E-state index in [9.17, 15) is 13.2 Å². The van der Waals surface area contributed by atoms with E-state index in [1.807, 2.05) is 0 Å². The molecule has 3 nitrogen and oxygen atoms in total. The summed E-state index contributed by atoms with van der Waals surface area (Å²) >= 11 is 5.74. The van der Waals surface area contributed by atoms with Gasteiger partial charge in [0.2, 0.25) is 0 Å². The molecule has 1 aromatic heterocycles. The van der Waals surface area contributed by atoms with Gasteiger partial charge in [-0.25, -0.2) is 4.98 Å². The number of hydrogen-bond donors (Lipinski definition) is 1. The fraction of sp³-hybridized carbons (Fsp3) is 0.250. The number of halogens is 4. The van der Waals surface area contributed by atoms with Crippen LogP contribution in [0.1, 0.15) is 11.3 Å². The first-order valence-corrected chi connectivity index (χ1v) is 5.89. The van der Waals surface area contributed by atoms with E-state index < -0.39 is 11.7 Å². The second kappa shape index (κ2) is 5.22. The van der Waals surface area contributed by atoms with E-state index in [0.717, 1.165) is 17.8 Å². The predicted octanol–water partition coefficient (Wildman–Crippen LogP) is 3.05. The lowest BCUT2D eigenvalue weighted by molar-refractivity contribution is -0.137. The van der Waals surface area contributed by atoms with Crippen molar-refractivity contribution in [1.29, 1.82) is 0 Å². The summed E-state index contributed by atoms with van der Waals surface area (Å²) in [7, 11) is 0. The van der Waals surface area contributed by atoms with Crippen LogP contribution < -0.4 is 5.73 Å². The number of alkyl halides is 3. The Morgan fingerprint density at radius 2 is 2.00 bits per heavy atom. The molecule has 2 rings (SSSR count). The summed E-state index contributed by atoms with van der Waals surface area (Å²) in [6, 6.07) is 3.39. The lowest BCUT2D eigenvalue weighted by Crippen LogP contribution is -2.09. The summed E-state index contributed by atoms with van der Waals surface area (Å²) in [4.78, 5) is 3.92. The molecular formula is C12H11ClF3N3. The van der Waals surface area contributed by atoms with Crippen molar-refractivity contribution in [1.82, 2.24) is 9.55 Å². The molecule has 0 amide bonds. The lowest BCUT2D eigenvalue weighted by atomic mass is 10.2. The molecule has 0 unspecified atom stereocenters. The zero-order chi connectivity index (χ0) is 14.0. The first kappa shape index (κ1) is 13.9. The smallest absolute Gasteiger partial charge is 0.330 e. The second-order valence-electron chi connectivity index (χ2n) is 3.99. The molecule has 0 atom stereocenters. The molecule has 1 heterocycles. The van der Waals surface area contributed by atoms with Crippen LogP contribution in [0.15, 0.2) is 30.7 Å². The zero-order valence-corrected chi connectivity index (χ0v) is 10.5. The summed E-state index contributed by atoms with van der Waals surface area (Å²) in [5.41, 5.74) is 5.71. The average Bonchev–Trinajstić information content (AvgIpc) is 2.76. The first-order valence-electron chi connectivity index (χ1n) is 5.51. The predicted molar refractivity (Wildman–Crippen MR) is 66.3 cm³/mol. The lowest BCUT2D eigenvalue weighted by Gasteiger charge is -2.12. The van der Waals surface area contributed by atoms with Gasteiger partial charge in [-0.1, -0.05) is 11.6 Å². The maximum absolute atomic E-state index is 12.7. The third kappa shape index (κ3) is 3.08. The third-order valence-electron chi connectivity index (χ3n) is 2.60. The standard InChI is InChI=1S/C12H11ClF3N3/c13-9-3-8(12(14,15)16)4-11(5-9)19-7-18-6-10(19)1-2-17/h3-7H,1-2,17H2. The van der Waals surface area contributed by atoms with Crippen molar-refractivity contribution in [2.45, 2.75) is 12.6 Å². The van der Waals surface area contributed by atoms with E-state index in [2.05, 4.69) is 4.98 Å². The van der Waals surface area contributed by atoms with Crippen molar-refractivity contribution in [2.24, 2.45) is 5.73 Å². The highest BCUT2D eigenvalue weighted by molar-refractivity contribution is 6.30. The molecule has 0 fully saturated rings. The van der Waals surface area contributed by atoms with Crippen molar-refractivity contribution in [3.8, 4) is 5.69 Å². The van der Waals surface area contributed by atoms with Crippen molar-refractivity contribution in [2.75, 3.05) is 6.54 Å². The minimum absolute atomic E-state index is 0.0252. The van der Waals surface area contributed by atoms with Gasteiger partial charge in [0.25, 0.3) is 0 Å². The van der Waals surface area contributed by atoms with Crippen molar-refractivity contribution in [3.63, 3.8) is 0 Å². The Labute approximate surface area is 112 Å². The molecule has 0 saturated carbocycles. The highest BCUT2D eigenvalue weighted by Gasteiger charge is 2.31. The van der Waals surface area contributed by atoms with Gasteiger partial charge in [0.05, 0.1) is 11.9 Å². The van der Waals surface area contributed by atoms with Gasteiger partial charge >= 0.3 is 6.18 Å². The van der Waals surface area contributed by atoms with Crippen LogP contribution in [0.5, 0.6) is 0 Å². The molecule has 2 N–H and O–H groups in total. The summed E-state index contributed by atoms with van der Waals surface area (Å²) in [5.74, 6) is 0. The number of nitrogens with two attached hydrogens (primary N) is 1. The molecule has 0 spiro atoms. The highest BCUT2D eigenvalue weighted by atomic mass is 35.5. The van der Waals surface area contributed by atoms with Gasteiger partial charge in [0.1, 0.15) is 0 Å². The summed E-state index contributed by atoms with van der Waals surface area (Å²) in [5, 5.41) is 0.0252. The molecule has 0 bridgehead atoms. The summed E-state index contributed by atoms with van der Waals surface area (Å²) < 4.78 is 39.8. The molecule has 1 aromatic carbocycles. The monoisotopic (exact) mass is 289 g/mol. The van der Waals surface area contributed by atoms with Gasteiger partial charge in [-0.15, -0.1) is 0 Å². The van der Waals surface area contributed by atoms with E-state index in [1.54, 1.807) is 10.8 Å². The minimum atomic E-state index is -4.44. The van der Waals surface area contributed by atoms with Crippen molar-refractivity contribution in [3.05, 3.63) is 47.0 Å². The number of rotatable bonds is 3. The van der Waals surface area contributed by atoms with Gasteiger partial charge in [-0.2, -0.15) is 13.2 Å². The number of hydrogen-bond acceptors (Lipinski definition) is 2. The molecule has 0 aliphatic heterocycles. The van der Waals surface area contributed by atoms with Crippen LogP contribution in [0.25, 0.3) is 5.69 Å². The van der Waals surface area contributed by atoms with Crippen LogP contribution in [-0.2, 0) is 12.6 Å². The molecule has 0 saturated heterocycles. The van der Waals surface area contributed by atoms with Gasteiger partial charge in [-0.3, -0.25) is 0 Å². The molecule has 19 heavy (non-hydrogen) atoms. The number of nitrogens with zero attached hydrogens (tertiary/aromatic N) is 2. The van der Waals surface area contributed by atoms with E-state index in [-0.39, 0.29) is 5.02 Å². The van der Waals surface area contributed by atoms with Gasteiger partial charge in [0.15, 0.2) is 0 Å². The van der Waals surface area contributed by atoms with E-state index in [1.165, 1.54) is 12.4 Å². The second-order valence-corrected chi connectivity index (χ2v) is 4.43. The SMILES string of the molecule is NCCc1cncn1-c1cc(Cl)cc(C(F)(F)F)c1. The maximum Gasteiger partial charge on any atom is 0.416 e. The third-order valence-corrected chi connectivity index (χ3v) is 2.82. The Morgan fingerprint density at radius 1 is 1.26 bits per heavy atom. The molecule has 7 heteroatoms. The van der Waals surface area contributed by atoms with Crippen LogP contribution in [0, 0.1) is 0 Å². The zero-order valence-electron chi connectivity index (χ0n) is 9.78. The quantitative estimate of drug-likeness (QED) is 0.944. The number of aromatic nitrogens is 2. The Kier molecular flexibility index (Phi) is 3.82. The van der Waals surface area contributed by atoms with Gasteiger partial charge < -0.3 is 10.3 Å². The summed E-state index contributed by atoms with van der Waals surface area (Å²) in [6.45, 7) is 0.387. The number of benzene rings is 1.